The third-order valence-electron chi connectivity index (χ3n) is 5.61. The fourth-order valence-corrected chi connectivity index (χ4v) is 4.46. The molecule has 2 aromatic rings. The molecule has 0 aliphatic carbocycles. The molecule has 2 fully saturated rings. The third kappa shape index (κ3) is 3.30. The second-order valence-electron chi connectivity index (χ2n) is 7.37. The highest BCUT2D eigenvalue weighted by Gasteiger charge is 2.52. The fraction of sp³-hybridized carbons (Fsp3) is 0.381. The molecule has 1 N–H and O–H groups in total. The van der Waals surface area contributed by atoms with Crippen molar-refractivity contribution in [2.75, 3.05) is 0 Å². The van der Waals surface area contributed by atoms with Gasteiger partial charge in [-0.1, -0.05) is 36.4 Å². The molecule has 27 heavy (non-hydrogen) atoms. The molecule has 1 amide bonds. The molecule has 4 nitrogen and oxygen atoms in total. The summed E-state index contributed by atoms with van der Waals surface area (Å²) in [5.41, 5.74) is -1.02. The van der Waals surface area contributed by atoms with Gasteiger partial charge in [-0.2, -0.15) is 0 Å². The molecule has 2 saturated heterocycles. The summed E-state index contributed by atoms with van der Waals surface area (Å²) in [5.74, 6) is -1.51. The quantitative estimate of drug-likeness (QED) is 0.881. The highest BCUT2D eigenvalue weighted by Crippen LogP contribution is 2.47. The lowest BCUT2D eigenvalue weighted by Crippen LogP contribution is -2.52. The van der Waals surface area contributed by atoms with Gasteiger partial charge in [0.05, 0.1) is 11.2 Å². The summed E-state index contributed by atoms with van der Waals surface area (Å²) < 4.78 is 33.9. The van der Waals surface area contributed by atoms with Gasteiger partial charge in [0, 0.05) is 24.9 Å². The van der Waals surface area contributed by atoms with Gasteiger partial charge < -0.3 is 14.7 Å². The number of ether oxygens (including phenoxy) is 1. The number of rotatable bonds is 3. The Morgan fingerprint density at radius 1 is 1.04 bits per heavy atom. The number of hydrogen-bond donors (Lipinski definition) is 1. The molecule has 2 aliphatic heterocycles. The van der Waals surface area contributed by atoms with E-state index in [1.54, 1.807) is 4.90 Å². The van der Waals surface area contributed by atoms with Crippen molar-refractivity contribution in [3.05, 3.63) is 71.3 Å². The van der Waals surface area contributed by atoms with Crippen molar-refractivity contribution in [2.45, 2.75) is 50.0 Å². The molecule has 2 aliphatic rings. The number of fused-ring (bicyclic) bond motifs is 2. The average molecular weight is 373 g/mol. The van der Waals surface area contributed by atoms with Gasteiger partial charge >= 0.3 is 6.09 Å². The first-order valence-electron chi connectivity index (χ1n) is 9.14. The number of nitrogens with zero attached hydrogens (tertiary/aromatic N) is 1. The van der Waals surface area contributed by atoms with E-state index in [2.05, 4.69) is 0 Å². The number of carbonyl (C=O) groups is 1. The van der Waals surface area contributed by atoms with Crippen LogP contribution in [-0.2, 0) is 16.9 Å². The molecule has 142 valence electrons. The average Bonchev–Trinajstić information content (AvgIpc) is 2.93. The van der Waals surface area contributed by atoms with Crippen LogP contribution in [-0.4, -0.2) is 28.2 Å². The van der Waals surface area contributed by atoms with Crippen LogP contribution in [0.25, 0.3) is 0 Å². The molecule has 0 radical (unpaired) electrons. The van der Waals surface area contributed by atoms with Crippen LogP contribution in [0.5, 0.6) is 0 Å². The lowest BCUT2D eigenvalue weighted by atomic mass is 9.80. The van der Waals surface area contributed by atoms with Crippen molar-refractivity contribution >= 4 is 6.09 Å². The molecule has 4 rings (SSSR count). The van der Waals surface area contributed by atoms with E-state index in [1.807, 2.05) is 30.3 Å². The van der Waals surface area contributed by atoms with E-state index < -0.39 is 23.3 Å². The largest absolute Gasteiger partial charge is 0.445 e. The van der Waals surface area contributed by atoms with Gasteiger partial charge in [0.1, 0.15) is 18.2 Å². The SMILES string of the molecule is O=C(OCc1ccccc1)N1C2CCC1CC(O)(c1c(F)cccc1F)C2. The number of amides is 1. The van der Waals surface area contributed by atoms with E-state index in [1.165, 1.54) is 6.07 Å². The first kappa shape index (κ1) is 17.9. The monoisotopic (exact) mass is 373 g/mol. The summed E-state index contributed by atoms with van der Waals surface area (Å²) >= 11 is 0. The van der Waals surface area contributed by atoms with Gasteiger partial charge in [-0.3, -0.25) is 0 Å². The van der Waals surface area contributed by atoms with Gasteiger partial charge in [-0.05, 0) is 30.5 Å². The molecule has 2 atom stereocenters. The summed E-state index contributed by atoms with van der Waals surface area (Å²) in [6.45, 7) is 0.168. The van der Waals surface area contributed by atoms with E-state index in [0.717, 1.165) is 17.7 Å². The summed E-state index contributed by atoms with van der Waals surface area (Å²) in [5, 5.41) is 11.0. The Balaban J connectivity index is 1.50. The van der Waals surface area contributed by atoms with Crippen LogP contribution >= 0.6 is 0 Å². The van der Waals surface area contributed by atoms with E-state index in [-0.39, 0.29) is 37.1 Å². The van der Waals surface area contributed by atoms with Crippen molar-refractivity contribution in [1.29, 1.82) is 0 Å². The minimum Gasteiger partial charge on any atom is -0.445 e. The molecular weight excluding hydrogens is 352 g/mol. The van der Waals surface area contributed by atoms with E-state index in [9.17, 15) is 18.7 Å². The molecule has 2 heterocycles. The molecule has 2 unspecified atom stereocenters. The predicted octanol–water partition coefficient (Wildman–Crippen LogP) is 4.12. The predicted molar refractivity (Wildman–Crippen MR) is 94.8 cm³/mol. The minimum absolute atomic E-state index is 0.0990. The van der Waals surface area contributed by atoms with Crippen LogP contribution in [0, 0.1) is 11.6 Å². The van der Waals surface area contributed by atoms with Gasteiger partial charge in [0.25, 0.3) is 0 Å². The third-order valence-corrected chi connectivity index (χ3v) is 5.61. The highest BCUT2D eigenvalue weighted by molar-refractivity contribution is 5.69. The Kier molecular flexibility index (Phi) is 4.60. The molecule has 0 aromatic heterocycles. The topological polar surface area (TPSA) is 49.8 Å². The minimum atomic E-state index is -1.61. The number of hydrogen-bond acceptors (Lipinski definition) is 3. The standard InChI is InChI=1S/C21H21F2NO3/c22-17-7-4-8-18(23)19(17)21(26)11-15-9-10-16(12-21)24(15)20(25)27-13-14-5-2-1-3-6-14/h1-8,15-16,26H,9-13H2. The zero-order valence-corrected chi connectivity index (χ0v) is 14.8. The Morgan fingerprint density at radius 3 is 2.22 bits per heavy atom. The van der Waals surface area contributed by atoms with Crippen molar-refractivity contribution in [2.24, 2.45) is 0 Å². The Labute approximate surface area is 156 Å². The maximum absolute atomic E-state index is 14.2. The second kappa shape index (κ2) is 6.93. The first-order valence-corrected chi connectivity index (χ1v) is 9.14. The lowest BCUT2D eigenvalue weighted by molar-refractivity contribution is -0.0577. The number of aliphatic hydroxyl groups is 1. The molecular formula is C21H21F2NO3. The van der Waals surface area contributed by atoms with Gasteiger partial charge in [0.2, 0.25) is 0 Å². The van der Waals surface area contributed by atoms with Gasteiger partial charge in [-0.15, -0.1) is 0 Å². The molecule has 6 heteroatoms. The Bertz CT molecular complexity index is 808. The van der Waals surface area contributed by atoms with Crippen LogP contribution < -0.4 is 0 Å². The first-order chi connectivity index (χ1) is 13.0. The summed E-state index contributed by atoms with van der Waals surface area (Å²) in [6, 6.07) is 12.4. The normalized spacial score (nSPS) is 26.9. The lowest BCUT2D eigenvalue weighted by Gasteiger charge is -2.43. The van der Waals surface area contributed by atoms with Crippen molar-refractivity contribution in [1.82, 2.24) is 4.90 Å². The zero-order valence-electron chi connectivity index (χ0n) is 14.8. The molecule has 2 aromatic carbocycles. The maximum atomic E-state index is 14.2. The number of benzene rings is 2. The van der Waals surface area contributed by atoms with Crippen molar-refractivity contribution < 1.29 is 23.4 Å². The molecule has 0 spiro atoms. The number of halogens is 2. The Hall–Kier alpha value is -2.47. The summed E-state index contributed by atoms with van der Waals surface area (Å²) in [4.78, 5) is 14.2. The van der Waals surface area contributed by atoms with Crippen LogP contribution in [0.4, 0.5) is 13.6 Å². The zero-order chi connectivity index (χ0) is 19.0. The van der Waals surface area contributed by atoms with Crippen LogP contribution in [0.15, 0.2) is 48.5 Å². The summed E-state index contributed by atoms with van der Waals surface area (Å²) in [6.07, 6.45) is 1.12. The number of piperidine rings is 1. The van der Waals surface area contributed by atoms with Crippen LogP contribution in [0.1, 0.15) is 36.8 Å². The van der Waals surface area contributed by atoms with E-state index in [0.29, 0.717) is 12.8 Å². The van der Waals surface area contributed by atoms with Crippen molar-refractivity contribution in [3.8, 4) is 0 Å². The van der Waals surface area contributed by atoms with Gasteiger partial charge in [0.15, 0.2) is 0 Å². The maximum Gasteiger partial charge on any atom is 0.410 e. The van der Waals surface area contributed by atoms with Crippen molar-refractivity contribution in [3.63, 3.8) is 0 Å². The van der Waals surface area contributed by atoms with E-state index in [4.69, 9.17) is 4.74 Å². The second-order valence-corrected chi connectivity index (χ2v) is 7.37. The smallest absolute Gasteiger partial charge is 0.410 e. The molecule has 0 saturated carbocycles. The van der Waals surface area contributed by atoms with Crippen LogP contribution in [0.2, 0.25) is 0 Å². The van der Waals surface area contributed by atoms with Gasteiger partial charge in [-0.25, -0.2) is 13.6 Å². The van der Waals surface area contributed by atoms with Crippen LogP contribution in [0.3, 0.4) is 0 Å². The molecule has 2 bridgehead atoms. The summed E-state index contributed by atoms with van der Waals surface area (Å²) in [7, 11) is 0. The van der Waals surface area contributed by atoms with E-state index >= 15 is 0 Å². The number of carbonyl (C=O) groups excluding carboxylic acids is 1. The highest BCUT2D eigenvalue weighted by atomic mass is 19.1. The fourth-order valence-electron chi connectivity index (χ4n) is 4.46. The Morgan fingerprint density at radius 2 is 1.63 bits per heavy atom.